The first-order chi connectivity index (χ1) is 13.1. The number of halogens is 1. The van der Waals surface area contributed by atoms with Crippen LogP contribution in [0.4, 0.5) is 0 Å². The monoisotopic (exact) mass is 385 g/mol. The van der Waals surface area contributed by atoms with Crippen molar-refractivity contribution in [1.29, 1.82) is 0 Å². The van der Waals surface area contributed by atoms with Crippen molar-refractivity contribution in [3.63, 3.8) is 0 Å². The van der Waals surface area contributed by atoms with Crippen LogP contribution in [-0.2, 0) is 10.3 Å². The standard InChI is InChI=1S/C19H20ClN5O2/c1-13-21-18(24-27-13)19(10-4-2-5-11-19)23-16(26)9-8-14-17(20)22-15-7-3-6-12-25(14)15/h3,6-9,12H,2,4-5,10-11H2,1H3,(H,23,26). The van der Waals surface area contributed by atoms with Crippen LogP contribution in [0.2, 0.25) is 5.15 Å². The summed E-state index contributed by atoms with van der Waals surface area (Å²) in [6.07, 6.45) is 9.76. The number of nitrogens with one attached hydrogen (secondary N) is 1. The molecule has 0 bridgehead atoms. The molecule has 1 aliphatic rings. The summed E-state index contributed by atoms with van der Waals surface area (Å²) < 4.78 is 6.99. The van der Waals surface area contributed by atoms with Crippen LogP contribution >= 0.6 is 11.6 Å². The van der Waals surface area contributed by atoms with E-state index in [-0.39, 0.29) is 5.91 Å². The van der Waals surface area contributed by atoms with Gasteiger partial charge in [0, 0.05) is 19.2 Å². The Bertz CT molecular complexity index is 1000. The summed E-state index contributed by atoms with van der Waals surface area (Å²) >= 11 is 6.22. The number of hydrogen-bond donors (Lipinski definition) is 1. The van der Waals surface area contributed by atoms with Crippen LogP contribution in [0, 0.1) is 6.92 Å². The first-order valence-corrected chi connectivity index (χ1v) is 9.39. The topological polar surface area (TPSA) is 85.3 Å². The Morgan fingerprint density at radius 1 is 1.30 bits per heavy atom. The molecule has 0 aliphatic heterocycles. The zero-order valence-corrected chi connectivity index (χ0v) is 15.7. The van der Waals surface area contributed by atoms with Crippen molar-refractivity contribution in [3.8, 4) is 0 Å². The van der Waals surface area contributed by atoms with Gasteiger partial charge < -0.3 is 9.84 Å². The number of rotatable bonds is 4. The number of nitrogens with zero attached hydrogens (tertiary/aromatic N) is 4. The van der Waals surface area contributed by atoms with Gasteiger partial charge in [0.1, 0.15) is 11.2 Å². The maximum Gasteiger partial charge on any atom is 0.244 e. The first-order valence-electron chi connectivity index (χ1n) is 9.01. The van der Waals surface area contributed by atoms with Gasteiger partial charge in [0.2, 0.25) is 11.8 Å². The van der Waals surface area contributed by atoms with Gasteiger partial charge in [-0.1, -0.05) is 42.1 Å². The highest BCUT2D eigenvalue weighted by atomic mass is 35.5. The molecule has 1 saturated carbocycles. The third-order valence-electron chi connectivity index (χ3n) is 4.94. The van der Waals surface area contributed by atoms with Crippen molar-refractivity contribution in [2.45, 2.75) is 44.6 Å². The Hall–Kier alpha value is -2.67. The van der Waals surface area contributed by atoms with Gasteiger partial charge in [-0.2, -0.15) is 4.98 Å². The van der Waals surface area contributed by atoms with Crippen molar-refractivity contribution in [1.82, 2.24) is 24.8 Å². The number of imidazole rings is 1. The van der Waals surface area contributed by atoms with Gasteiger partial charge in [0.15, 0.2) is 11.0 Å². The largest absolute Gasteiger partial charge is 0.340 e. The van der Waals surface area contributed by atoms with E-state index >= 15 is 0 Å². The van der Waals surface area contributed by atoms with Gasteiger partial charge in [-0.05, 0) is 31.1 Å². The lowest BCUT2D eigenvalue weighted by Crippen LogP contribution is -2.47. The molecule has 3 heterocycles. The van der Waals surface area contributed by atoms with E-state index in [1.54, 1.807) is 13.0 Å². The Morgan fingerprint density at radius 3 is 2.85 bits per heavy atom. The second-order valence-electron chi connectivity index (χ2n) is 6.82. The smallest absolute Gasteiger partial charge is 0.244 e. The van der Waals surface area contributed by atoms with Crippen LogP contribution in [0.3, 0.4) is 0 Å². The lowest BCUT2D eigenvalue weighted by molar-refractivity contribution is -0.119. The molecular formula is C19H20ClN5O2. The molecule has 0 spiro atoms. The lowest BCUT2D eigenvalue weighted by Gasteiger charge is -2.34. The third kappa shape index (κ3) is 3.47. The van der Waals surface area contributed by atoms with Crippen molar-refractivity contribution in [2.24, 2.45) is 0 Å². The Balaban J connectivity index is 1.58. The maximum atomic E-state index is 12.7. The molecule has 1 fully saturated rings. The van der Waals surface area contributed by atoms with Crippen LogP contribution in [-0.4, -0.2) is 25.4 Å². The van der Waals surface area contributed by atoms with Gasteiger partial charge in [0.05, 0.1) is 5.69 Å². The van der Waals surface area contributed by atoms with E-state index in [0.29, 0.717) is 22.6 Å². The van der Waals surface area contributed by atoms with Crippen LogP contribution in [0.1, 0.15) is 49.5 Å². The van der Waals surface area contributed by atoms with Crippen LogP contribution in [0.5, 0.6) is 0 Å². The number of aromatic nitrogens is 4. The van der Waals surface area contributed by atoms with Gasteiger partial charge >= 0.3 is 0 Å². The number of pyridine rings is 1. The summed E-state index contributed by atoms with van der Waals surface area (Å²) in [6.45, 7) is 1.75. The zero-order chi connectivity index (χ0) is 18.9. The summed E-state index contributed by atoms with van der Waals surface area (Å²) in [4.78, 5) is 21.3. The minimum Gasteiger partial charge on any atom is -0.340 e. The molecule has 0 saturated heterocycles. The number of hydrogen-bond acceptors (Lipinski definition) is 5. The number of carbonyl (C=O) groups is 1. The molecule has 0 atom stereocenters. The number of aryl methyl sites for hydroxylation is 1. The lowest BCUT2D eigenvalue weighted by atomic mass is 9.81. The van der Waals surface area contributed by atoms with Crippen molar-refractivity contribution in [2.75, 3.05) is 0 Å². The van der Waals surface area contributed by atoms with Gasteiger partial charge in [-0.3, -0.25) is 9.20 Å². The van der Waals surface area contributed by atoms with Gasteiger partial charge in [0.25, 0.3) is 0 Å². The van der Waals surface area contributed by atoms with E-state index in [2.05, 4.69) is 20.4 Å². The third-order valence-corrected chi connectivity index (χ3v) is 5.22. The molecule has 140 valence electrons. The van der Waals surface area contributed by atoms with Gasteiger partial charge in [-0.25, -0.2) is 4.98 Å². The molecule has 0 aromatic carbocycles. The predicted molar refractivity (Wildman–Crippen MR) is 101 cm³/mol. The molecule has 0 unspecified atom stereocenters. The second-order valence-corrected chi connectivity index (χ2v) is 7.18. The minimum absolute atomic E-state index is 0.221. The summed E-state index contributed by atoms with van der Waals surface area (Å²) in [5, 5.41) is 7.53. The summed E-state index contributed by atoms with van der Waals surface area (Å²) in [7, 11) is 0. The highest BCUT2D eigenvalue weighted by Crippen LogP contribution is 2.35. The summed E-state index contributed by atoms with van der Waals surface area (Å²) in [6, 6.07) is 5.63. The average molecular weight is 386 g/mol. The van der Waals surface area contributed by atoms with E-state index in [1.807, 2.05) is 28.8 Å². The van der Waals surface area contributed by atoms with E-state index in [4.69, 9.17) is 16.1 Å². The highest BCUT2D eigenvalue weighted by molar-refractivity contribution is 6.31. The normalized spacial score (nSPS) is 16.8. The Morgan fingerprint density at radius 2 is 2.11 bits per heavy atom. The quantitative estimate of drug-likeness (QED) is 0.692. The fraction of sp³-hybridized carbons (Fsp3) is 0.368. The molecule has 3 aromatic heterocycles. The Kier molecular flexibility index (Phi) is 4.70. The van der Waals surface area contributed by atoms with Gasteiger partial charge in [-0.15, -0.1) is 0 Å². The van der Waals surface area contributed by atoms with E-state index < -0.39 is 5.54 Å². The molecule has 27 heavy (non-hydrogen) atoms. The fourth-order valence-electron chi connectivity index (χ4n) is 3.62. The number of amides is 1. The second kappa shape index (κ2) is 7.15. The number of carbonyl (C=O) groups excluding carboxylic acids is 1. The SMILES string of the molecule is Cc1nc(C2(NC(=O)C=Cc3c(Cl)nc4ccccn34)CCCCC2)no1. The molecule has 1 N–H and O–H groups in total. The molecule has 7 nitrogen and oxygen atoms in total. The van der Waals surface area contributed by atoms with Crippen LogP contribution in [0.25, 0.3) is 11.7 Å². The first kappa shape index (κ1) is 17.7. The predicted octanol–water partition coefficient (Wildman–Crippen LogP) is 3.67. The van der Waals surface area contributed by atoms with Crippen LogP contribution in [0.15, 0.2) is 35.0 Å². The van der Waals surface area contributed by atoms with Crippen molar-refractivity contribution < 1.29 is 9.32 Å². The van der Waals surface area contributed by atoms with E-state index in [0.717, 1.165) is 37.8 Å². The average Bonchev–Trinajstić information content (AvgIpc) is 3.24. The molecule has 0 radical (unpaired) electrons. The molecular weight excluding hydrogens is 366 g/mol. The molecule has 1 aliphatic carbocycles. The molecule has 8 heteroatoms. The van der Waals surface area contributed by atoms with Crippen molar-refractivity contribution in [3.05, 3.63) is 53.0 Å². The summed E-state index contributed by atoms with van der Waals surface area (Å²) in [5.74, 6) is 0.827. The summed E-state index contributed by atoms with van der Waals surface area (Å²) in [5.41, 5.74) is 0.810. The highest BCUT2D eigenvalue weighted by Gasteiger charge is 2.39. The molecule has 3 aromatic rings. The van der Waals surface area contributed by atoms with E-state index in [1.165, 1.54) is 6.08 Å². The molecule has 4 rings (SSSR count). The van der Waals surface area contributed by atoms with E-state index in [9.17, 15) is 4.79 Å². The fourth-order valence-corrected chi connectivity index (χ4v) is 3.86. The number of fused-ring (bicyclic) bond motifs is 1. The molecule has 1 amide bonds. The van der Waals surface area contributed by atoms with Crippen molar-refractivity contribution >= 4 is 29.2 Å². The zero-order valence-electron chi connectivity index (χ0n) is 15.0. The van der Waals surface area contributed by atoms with Crippen LogP contribution < -0.4 is 5.32 Å². The maximum absolute atomic E-state index is 12.7. The minimum atomic E-state index is -0.583. The Labute approximate surface area is 161 Å².